The molecule has 21 heavy (non-hydrogen) atoms. The molecule has 0 unspecified atom stereocenters. The molecule has 0 fully saturated rings. The minimum atomic E-state index is -3.79. The standard InChI is InChI=1S/C13H12N2O5S/c16-12-7-5-11(6-8-12)14-21(19,20)9-10-3-1-2-4-13(10)15(17)18/h1-8,14,16H,9H2. The second-order valence-corrected chi connectivity index (χ2v) is 6.02. The monoisotopic (exact) mass is 308 g/mol. The highest BCUT2D eigenvalue weighted by molar-refractivity contribution is 7.91. The van der Waals surface area contributed by atoms with Gasteiger partial charge in [-0.05, 0) is 24.3 Å². The van der Waals surface area contributed by atoms with Crippen LogP contribution in [-0.4, -0.2) is 18.4 Å². The van der Waals surface area contributed by atoms with Crippen LogP contribution in [-0.2, 0) is 15.8 Å². The second-order valence-electron chi connectivity index (χ2n) is 4.29. The summed E-state index contributed by atoms with van der Waals surface area (Å²) in [5.41, 5.74) is 0.133. The first kappa shape index (κ1) is 14.8. The van der Waals surface area contributed by atoms with Gasteiger partial charge in [0.2, 0.25) is 10.0 Å². The van der Waals surface area contributed by atoms with E-state index >= 15 is 0 Å². The molecule has 110 valence electrons. The van der Waals surface area contributed by atoms with Gasteiger partial charge in [0.15, 0.2) is 0 Å². The van der Waals surface area contributed by atoms with Crippen molar-refractivity contribution in [3.05, 3.63) is 64.2 Å². The Hall–Kier alpha value is -2.61. The summed E-state index contributed by atoms with van der Waals surface area (Å²) in [7, 11) is -3.79. The van der Waals surface area contributed by atoms with Gasteiger partial charge in [-0.1, -0.05) is 18.2 Å². The summed E-state index contributed by atoms with van der Waals surface area (Å²) >= 11 is 0. The lowest BCUT2D eigenvalue weighted by Crippen LogP contribution is -2.15. The summed E-state index contributed by atoms with van der Waals surface area (Å²) in [4.78, 5) is 10.2. The van der Waals surface area contributed by atoms with Crippen molar-refractivity contribution in [3.8, 4) is 5.75 Å². The molecule has 2 aromatic carbocycles. The molecule has 0 saturated carbocycles. The van der Waals surface area contributed by atoms with Crippen LogP contribution in [0.25, 0.3) is 0 Å². The average molecular weight is 308 g/mol. The van der Waals surface area contributed by atoms with Crippen molar-refractivity contribution >= 4 is 21.4 Å². The van der Waals surface area contributed by atoms with Gasteiger partial charge >= 0.3 is 0 Å². The Balaban J connectivity index is 2.22. The molecule has 2 N–H and O–H groups in total. The Morgan fingerprint density at radius 2 is 1.71 bits per heavy atom. The van der Waals surface area contributed by atoms with E-state index in [4.69, 9.17) is 5.11 Å². The van der Waals surface area contributed by atoms with E-state index in [1.165, 1.54) is 42.5 Å². The van der Waals surface area contributed by atoms with Crippen molar-refractivity contribution in [1.82, 2.24) is 0 Å². The zero-order valence-electron chi connectivity index (χ0n) is 10.8. The van der Waals surface area contributed by atoms with Crippen molar-refractivity contribution in [2.45, 2.75) is 5.75 Å². The third-order valence-corrected chi connectivity index (χ3v) is 3.91. The van der Waals surface area contributed by atoms with Gasteiger partial charge in [0.25, 0.3) is 5.69 Å². The molecule has 0 aliphatic carbocycles. The van der Waals surface area contributed by atoms with E-state index in [1.54, 1.807) is 6.07 Å². The molecule has 2 rings (SSSR count). The van der Waals surface area contributed by atoms with Gasteiger partial charge in [0.1, 0.15) is 11.5 Å². The number of hydrogen-bond acceptors (Lipinski definition) is 5. The van der Waals surface area contributed by atoms with Gasteiger partial charge in [-0.25, -0.2) is 8.42 Å². The normalized spacial score (nSPS) is 11.0. The number of nitro benzene ring substituents is 1. The Labute approximate surface area is 121 Å². The highest BCUT2D eigenvalue weighted by Gasteiger charge is 2.19. The molecule has 2 aromatic rings. The number of anilines is 1. The largest absolute Gasteiger partial charge is 0.508 e. The first-order chi connectivity index (χ1) is 9.87. The Bertz CT molecular complexity index is 756. The number of sulfonamides is 1. The molecular formula is C13H12N2O5S. The fraction of sp³-hybridized carbons (Fsp3) is 0.0769. The zero-order valence-corrected chi connectivity index (χ0v) is 11.6. The predicted octanol–water partition coefficient (Wildman–Crippen LogP) is 2.24. The van der Waals surface area contributed by atoms with Gasteiger partial charge < -0.3 is 5.11 Å². The molecular weight excluding hydrogens is 296 g/mol. The molecule has 0 radical (unpaired) electrons. The predicted molar refractivity (Wildman–Crippen MR) is 77.4 cm³/mol. The van der Waals surface area contributed by atoms with Gasteiger partial charge in [-0.15, -0.1) is 0 Å². The van der Waals surface area contributed by atoms with Crippen LogP contribution in [0.4, 0.5) is 11.4 Å². The number of phenols is 1. The number of phenolic OH excluding ortho intramolecular Hbond substituents is 1. The molecule has 7 nitrogen and oxygen atoms in total. The van der Waals surface area contributed by atoms with Crippen LogP contribution in [0.5, 0.6) is 5.75 Å². The molecule has 0 aliphatic rings. The van der Waals surface area contributed by atoms with Gasteiger partial charge in [-0.2, -0.15) is 0 Å². The number of nitrogens with one attached hydrogen (secondary N) is 1. The quantitative estimate of drug-likeness (QED) is 0.500. The third kappa shape index (κ3) is 3.93. The number of benzene rings is 2. The number of hydrogen-bond donors (Lipinski definition) is 2. The lowest BCUT2D eigenvalue weighted by atomic mass is 10.2. The van der Waals surface area contributed by atoms with Crippen LogP contribution in [0, 0.1) is 10.1 Å². The SMILES string of the molecule is O=[N+]([O-])c1ccccc1CS(=O)(=O)Nc1ccc(O)cc1. The molecule has 0 heterocycles. The lowest BCUT2D eigenvalue weighted by Gasteiger charge is -2.08. The second kappa shape index (κ2) is 5.80. The summed E-state index contributed by atoms with van der Waals surface area (Å²) in [6.45, 7) is 0. The molecule has 0 atom stereocenters. The van der Waals surface area contributed by atoms with Crippen molar-refractivity contribution in [2.75, 3.05) is 4.72 Å². The highest BCUT2D eigenvalue weighted by atomic mass is 32.2. The number of para-hydroxylation sites is 1. The molecule has 8 heteroatoms. The van der Waals surface area contributed by atoms with Crippen molar-refractivity contribution in [1.29, 1.82) is 0 Å². The molecule has 0 spiro atoms. The van der Waals surface area contributed by atoms with Crippen LogP contribution in [0.15, 0.2) is 48.5 Å². The maximum atomic E-state index is 12.0. The van der Waals surface area contributed by atoms with Crippen molar-refractivity contribution in [3.63, 3.8) is 0 Å². The van der Waals surface area contributed by atoms with Crippen LogP contribution in [0.3, 0.4) is 0 Å². The Morgan fingerprint density at radius 3 is 2.33 bits per heavy atom. The highest BCUT2D eigenvalue weighted by Crippen LogP contribution is 2.22. The van der Waals surface area contributed by atoms with Crippen LogP contribution in [0.1, 0.15) is 5.56 Å². The molecule has 0 aliphatic heterocycles. The molecule has 0 amide bonds. The lowest BCUT2D eigenvalue weighted by molar-refractivity contribution is -0.385. The smallest absolute Gasteiger partial charge is 0.273 e. The summed E-state index contributed by atoms with van der Waals surface area (Å²) in [6, 6.07) is 11.1. The van der Waals surface area contributed by atoms with Gasteiger partial charge in [0, 0.05) is 17.3 Å². The van der Waals surface area contributed by atoms with Gasteiger partial charge in [0.05, 0.1) is 4.92 Å². The maximum absolute atomic E-state index is 12.0. The van der Waals surface area contributed by atoms with E-state index in [-0.39, 0.29) is 22.7 Å². The summed E-state index contributed by atoms with van der Waals surface area (Å²) in [6.07, 6.45) is 0. The minimum Gasteiger partial charge on any atom is -0.508 e. The first-order valence-corrected chi connectivity index (χ1v) is 7.54. The van der Waals surface area contributed by atoms with E-state index in [9.17, 15) is 18.5 Å². The number of nitrogens with zero attached hydrogens (tertiary/aromatic N) is 1. The molecule has 0 bridgehead atoms. The minimum absolute atomic E-state index is 0.0108. The van der Waals surface area contributed by atoms with Crippen LogP contribution >= 0.6 is 0 Å². The van der Waals surface area contributed by atoms with E-state index in [0.717, 1.165) is 0 Å². The average Bonchev–Trinajstić information content (AvgIpc) is 2.41. The fourth-order valence-corrected chi connectivity index (χ4v) is 2.98. The summed E-state index contributed by atoms with van der Waals surface area (Å²) in [5, 5.41) is 20.0. The molecule has 0 saturated heterocycles. The zero-order chi connectivity index (χ0) is 15.5. The topological polar surface area (TPSA) is 110 Å². The van der Waals surface area contributed by atoms with E-state index in [0.29, 0.717) is 0 Å². The number of rotatable bonds is 5. The Kier molecular flexibility index (Phi) is 4.08. The van der Waals surface area contributed by atoms with E-state index in [2.05, 4.69) is 4.72 Å². The van der Waals surface area contributed by atoms with Gasteiger partial charge in [-0.3, -0.25) is 14.8 Å². The van der Waals surface area contributed by atoms with E-state index < -0.39 is 20.7 Å². The van der Waals surface area contributed by atoms with E-state index in [1.807, 2.05) is 0 Å². The first-order valence-electron chi connectivity index (χ1n) is 5.89. The summed E-state index contributed by atoms with van der Waals surface area (Å²) in [5.74, 6) is -0.498. The van der Waals surface area contributed by atoms with Crippen molar-refractivity contribution in [2.24, 2.45) is 0 Å². The number of nitro groups is 1. The number of aromatic hydroxyl groups is 1. The van der Waals surface area contributed by atoms with Crippen LogP contribution < -0.4 is 4.72 Å². The Morgan fingerprint density at radius 1 is 1.10 bits per heavy atom. The molecule has 0 aromatic heterocycles. The summed E-state index contributed by atoms with van der Waals surface area (Å²) < 4.78 is 26.4. The fourth-order valence-electron chi connectivity index (χ4n) is 1.76. The van der Waals surface area contributed by atoms with Crippen molar-refractivity contribution < 1.29 is 18.4 Å². The third-order valence-electron chi connectivity index (χ3n) is 2.67. The maximum Gasteiger partial charge on any atom is 0.273 e. The van der Waals surface area contributed by atoms with Crippen LogP contribution in [0.2, 0.25) is 0 Å².